The summed E-state index contributed by atoms with van der Waals surface area (Å²) < 4.78 is 0. The van der Waals surface area contributed by atoms with E-state index in [1.807, 2.05) is 4.90 Å². The summed E-state index contributed by atoms with van der Waals surface area (Å²) in [5.74, 6) is 0.334. The normalized spacial score (nSPS) is 16.6. The van der Waals surface area contributed by atoms with Gasteiger partial charge in [0.2, 0.25) is 5.91 Å². The van der Waals surface area contributed by atoms with E-state index in [4.69, 9.17) is 5.73 Å². The van der Waals surface area contributed by atoms with E-state index in [2.05, 4.69) is 10.3 Å². The molecule has 1 aromatic heterocycles. The molecular formula is C13H19N5O3. The number of hydrogen-bond acceptors (Lipinski definition) is 6. The largest absolute Gasteiger partial charge is 0.369 e. The van der Waals surface area contributed by atoms with Crippen molar-refractivity contribution < 1.29 is 9.72 Å². The number of amides is 1. The number of carbonyl (C=O) groups is 1. The number of nitrogens with two attached hydrogens (primary N) is 1. The molecule has 1 aliphatic rings. The Hall–Kier alpha value is -2.22. The number of primary amides is 1. The van der Waals surface area contributed by atoms with E-state index in [9.17, 15) is 14.9 Å². The number of aromatic nitrogens is 1. The van der Waals surface area contributed by atoms with Crippen molar-refractivity contribution in [1.82, 2.24) is 9.88 Å². The number of nitro groups is 1. The number of rotatable bonds is 5. The van der Waals surface area contributed by atoms with Crippen molar-refractivity contribution in [1.29, 1.82) is 0 Å². The predicted octanol–water partition coefficient (Wildman–Crippen LogP) is 0.660. The first-order valence-electron chi connectivity index (χ1n) is 6.85. The molecule has 0 radical (unpaired) electrons. The Morgan fingerprint density at radius 1 is 1.52 bits per heavy atom. The van der Waals surface area contributed by atoms with E-state index in [1.54, 1.807) is 13.0 Å². The van der Waals surface area contributed by atoms with Crippen molar-refractivity contribution in [2.24, 2.45) is 5.73 Å². The van der Waals surface area contributed by atoms with Gasteiger partial charge in [-0.3, -0.25) is 19.8 Å². The van der Waals surface area contributed by atoms with Crippen LogP contribution in [0, 0.1) is 17.0 Å². The maximum absolute atomic E-state index is 10.9. The SMILES string of the molecule is Cc1nc(NC2CCN(CC(N)=O)CC2)ccc1[N+](=O)[O-]. The highest BCUT2D eigenvalue weighted by molar-refractivity contribution is 5.75. The molecule has 3 N–H and O–H groups in total. The van der Waals surface area contributed by atoms with Gasteiger partial charge in [-0.15, -0.1) is 0 Å². The summed E-state index contributed by atoms with van der Waals surface area (Å²) in [5.41, 5.74) is 5.60. The lowest BCUT2D eigenvalue weighted by Crippen LogP contribution is -2.43. The number of anilines is 1. The Balaban J connectivity index is 1.90. The van der Waals surface area contributed by atoms with Crippen molar-refractivity contribution in [3.63, 3.8) is 0 Å². The van der Waals surface area contributed by atoms with Crippen LogP contribution in [0.4, 0.5) is 11.5 Å². The van der Waals surface area contributed by atoms with E-state index in [0.717, 1.165) is 25.9 Å². The third-order valence-corrected chi connectivity index (χ3v) is 3.57. The van der Waals surface area contributed by atoms with Gasteiger partial charge in [-0.1, -0.05) is 0 Å². The molecule has 0 unspecified atom stereocenters. The van der Waals surface area contributed by atoms with Crippen molar-refractivity contribution in [2.45, 2.75) is 25.8 Å². The van der Waals surface area contributed by atoms with Crippen LogP contribution in [0.1, 0.15) is 18.5 Å². The molecule has 0 bridgehead atoms. The fourth-order valence-corrected chi connectivity index (χ4v) is 2.49. The minimum atomic E-state index is -0.436. The van der Waals surface area contributed by atoms with Crippen LogP contribution >= 0.6 is 0 Å². The molecule has 0 saturated carbocycles. The number of likely N-dealkylation sites (tertiary alicyclic amines) is 1. The van der Waals surface area contributed by atoms with E-state index in [-0.39, 0.29) is 17.6 Å². The fraction of sp³-hybridized carbons (Fsp3) is 0.538. The molecule has 8 nitrogen and oxygen atoms in total. The van der Waals surface area contributed by atoms with Crippen LogP contribution in [0.25, 0.3) is 0 Å². The summed E-state index contributed by atoms with van der Waals surface area (Å²) in [6.45, 7) is 3.51. The molecule has 1 aromatic rings. The number of aryl methyl sites for hydroxylation is 1. The van der Waals surface area contributed by atoms with Crippen molar-refractivity contribution in [2.75, 3.05) is 25.0 Å². The van der Waals surface area contributed by atoms with Gasteiger partial charge in [0.05, 0.1) is 11.5 Å². The lowest BCUT2D eigenvalue weighted by atomic mass is 10.1. The van der Waals surface area contributed by atoms with Crippen molar-refractivity contribution in [3.8, 4) is 0 Å². The Bertz CT molecular complexity index is 541. The van der Waals surface area contributed by atoms with Crippen LogP contribution in [0.3, 0.4) is 0 Å². The molecule has 114 valence electrons. The van der Waals surface area contributed by atoms with Crippen molar-refractivity contribution >= 4 is 17.4 Å². The fourth-order valence-electron chi connectivity index (χ4n) is 2.49. The molecular weight excluding hydrogens is 274 g/mol. The Morgan fingerprint density at radius 3 is 2.71 bits per heavy atom. The van der Waals surface area contributed by atoms with Gasteiger partial charge in [0.1, 0.15) is 11.5 Å². The second-order valence-electron chi connectivity index (χ2n) is 5.22. The Kier molecular flexibility index (Phi) is 4.69. The molecule has 0 aromatic carbocycles. The van der Waals surface area contributed by atoms with Crippen molar-refractivity contribution in [3.05, 3.63) is 27.9 Å². The van der Waals surface area contributed by atoms with Gasteiger partial charge in [0.25, 0.3) is 5.69 Å². The molecule has 21 heavy (non-hydrogen) atoms. The van der Waals surface area contributed by atoms with Crippen LogP contribution in [0.5, 0.6) is 0 Å². The van der Waals surface area contributed by atoms with Gasteiger partial charge in [-0.05, 0) is 25.8 Å². The lowest BCUT2D eigenvalue weighted by molar-refractivity contribution is -0.385. The van der Waals surface area contributed by atoms with Gasteiger partial charge in [0, 0.05) is 25.2 Å². The molecule has 1 aliphatic heterocycles. The van der Waals surface area contributed by atoms with Gasteiger partial charge < -0.3 is 11.1 Å². The van der Waals surface area contributed by atoms with Crippen LogP contribution < -0.4 is 11.1 Å². The average Bonchev–Trinajstić information content (AvgIpc) is 2.40. The molecule has 1 fully saturated rings. The summed E-state index contributed by atoms with van der Waals surface area (Å²) in [6.07, 6.45) is 1.76. The van der Waals surface area contributed by atoms with E-state index < -0.39 is 4.92 Å². The number of piperidine rings is 1. The quantitative estimate of drug-likeness (QED) is 0.609. The second-order valence-corrected chi connectivity index (χ2v) is 5.22. The third kappa shape index (κ3) is 4.12. The van der Waals surface area contributed by atoms with E-state index >= 15 is 0 Å². The third-order valence-electron chi connectivity index (χ3n) is 3.57. The molecule has 0 spiro atoms. The number of nitrogens with one attached hydrogen (secondary N) is 1. The Morgan fingerprint density at radius 2 is 2.19 bits per heavy atom. The summed E-state index contributed by atoms with van der Waals surface area (Å²) in [5, 5.41) is 14.0. The number of hydrogen-bond donors (Lipinski definition) is 2. The van der Waals surface area contributed by atoms with Crippen LogP contribution in [-0.2, 0) is 4.79 Å². The highest BCUT2D eigenvalue weighted by Gasteiger charge is 2.21. The molecule has 2 rings (SSSR count). The molecule has 2 heterocycles. The maximum Gasteiger partial charge on any atom is 0.290 e. The minimum absolute atomic E-state index is 0.0248. The first-order chi connectivity index (χ1) is 9.95. The number of nitrogens with zero attached hydrogens (tertiary/aromatic N) is 3. The lowest BCUT2D eigenvalue weighted by Gasteiger charge is -2.31. The number of carbonyl (C=O) groups excluding carboxylic acids is 1. The summed E-state index contributed by atoms with van der Waals surface area (Å²) in [7, 11) is 0. The Labute approximate surface area is 122 Å². The van der Waals surface area contributed by atoms with Gasteiger partial charge in [0.15, 0.2) is 0 Å². The molecule has 1 amide bonds. The summed E-state index contributed by atoms with van der Waals surface area (Å²) in [6, 6.07) is 3.34. The molecule has 8 heteroatoms. The number of pyridine rings is 1. The van der Waals surface area contributed by atoms with Gasteiger partial charge in [-0.25, -0.2) is 4.98 Å². The zero-order valence-electron chi connectivity index (χ0n) is 11.9. The highest BCUT2D eigenvalue weighted by Crippen LogP contribution is 2.20. The average molecular weight is 293 g/mol. The molecule has 0 atom stereocenters. The van der Waals surface area contributed by atoms with E-state index in [1.165, 1.54) is 6.07 Å². The predicted molar refractivity (Wildman–Crippen MR) is 77.9 cm³/mol. The molecule has 0 aliphatic carbocycles. The van der Waals surface area contributed by atoms with E-state index in [0.29, 0.717) is 18.1 Å². The monoisotopic (exact) mass is 293 g/mol. The zero-order chi connectivity index (χ0) is 15.4. The van der Waals surface area contributed by atoms with Crippen LogP contribution in [0.15, 0.2) is 12.1 Å². The standard InChI is InChI=1S/C13H19N5O3/c1-9-11(18(20)21)2-3-13(15-9)16-10-4-6-17(7-5-10)8-12(14)19/h2-3,10H,4-8H2,1H3,(H2,14,19)(H,15,16). The smallest absolute Gasteiger partial charge is 0.290 e. The summed E-state index contributed by atoms with van der Waals surface area (Å²) in [4.78, 5) is 27.4. The van der Waals surface area contributed by atoms with Crippen LogP contribution in [0.2, 0.25) is 0 Å². The van der Waals surface area contributed by atoms with Gasteiger partial charge >= 0.3 is 0 Å². The minimum Gasteiger partial charge on any atom is -0.369 e. The molecule has 1 saturated heterocycles. The van der Waals surface area contributed by atoms with Crippen LogP contribution in [-0.4, -0.2) is 46.4 Å². The summed E-state index contributed by atoms with van der Waals surface area (Å²) >= 11 is 0. The first-order valence-corrected chi connectivity index (χ1v) is 6.85. The topological polar surface area (TPSA) is 114 Å². The highest BCUT2D eigenvalue weighted by atomic mass is 16.6. The first kappa shape index (κ1) is 15.2. The second kappa shape index (κ2) is 6.49. The zero-order valence-corrected chi connectivity index (χ0v) is 11.9. The maximum atomic E-state index is 10.9. The van der Waals surface area contributed by atoms with Gasteiger partial charge in [-0.2, -0.15) is 0 Å².